The van der Waals surface area contributed by atoms with Gasteiger partial charge in [-0.1, -0.05) is 0 Å². The molecule has 1 heterocycles. The molecule has 1 aliphatic rings. The second-order valence-corrected chi connectivity index (χ2v) is 4.63. The van der Waals surface area contributed by atoms with Crippen molar-refractivity contribution >= 4 is 5.91 Å². The number of carbonyl (C=O) groups excluding carboxylic acids is 1. The van der Waals surface area contributed by atoms with E-state index >= 15 is 0 Å². The van der Waals surface area contributed by atoms with Crippen molar-refractivity contribution in [2.24, 2.45) is 5.92 Å². The van der Waals surface area contributed by atoms with Crippen LogP contribution in [-0.2, 0) is 9.53 Å². The molecule has 0 saturated carbocycles. The number of nitrogens with zero attached hydrogens (tertiary/aromatic N) is 1. The third-order valence-electron chi connectivity index (χ3n) is 3.06. The minimum atomic E-state index is -4.15. The fourth-order valence-corrected chi connectivity index (χ4v) is 1.97. The van der Waals surface area contributed by atoms with Crippen molar-refractivity contribution < 1.29 is 22.7 Å². The Morgan fingerprint density at radius 3 is 2.78 bits per heavy atom. The van der Waals surface area contributed by atoms with Crippen molar-refractivity contribution in [3.63, 3.8) is 0 Å². The van der Waals surface area contributed by atoms with Crippen molar-refractivity contribution in [3.8, 4) is 0 Å². The van der Waals surface area contributed by atoms with Gasteiger partial charge in [-0.25, -0.2) is 0 Å². The lowest BCUT2D eigenvalue weighted by atomic mass is 10.1. The number of nitrogens with one attached hydrogen (secondary N) is 1. The van der Waals surface area contributed by atoms with Gasteiger partial charge in [-0.05, 0) is 25.8 Å². The van der Waals surface area contributed by atoms with Crippen molar-refractivity contribution in [3.05, 3.63) is 0 Å². The lowest BCUT2D eigenvalue weighted by molar-refractivity contribution is -0.144. The lowest BCUT2D eigenvalue weighted by Crippen LogP contribution is -2.38. The maximum Gasteiger partial charge on any atom is 0.401 e. The number of ether oxygens (including phenoxy) is 1. The molecule has 0 aromatic carbocycles. The molecule has 0 radical (unpaired) electrons. The molecule has 0 aromatic heterocycles. The monoisotopic (exact) mass is 268 g/mol. The number of likely N-dealkylation sites (tertiary alicyclic amines) is 1. The summed E-state index contributed by atoms with van der Waals surface area (Å²) in [4.78, 5) is 12.8. The van der Waals surface area contributed by atoms with Crippen molar-refractivity contribution in [2.75, 3.05) is 33.3 Å². The second-order valence-electron chi connectivity index (χ2n) is 4.63. The van der Waals surface area contributed by atoms with Crippen LogP contribution in [0.3, 0.4) is 0 Å². The van der Waals surface area contributed by atoms with E-state index in [0.29, 0.717) is 26.1 Å². The summed E-state index contributed by atoms with van der Waals surface area (Å²) in [6, 6.07) is 0. The molecule has 0 spiro atoms. The van der Waals surface area contributed by atoms with E-state index in [1.165, 1.54) is 12.0 Å². The topological polar surface area (TPSA) is 41.6 Å². The molecule has 4 nitrogen and oxygen atoms in total. The number of amides is 1. The summed E-state index contributed by atoms with van der Waals surface area (Å²) in [5.41, 5.74) is 0. The molecule has 1 amide bonds. The zero-order chi connectivity index (χ0) is 13.8. The first-order valence-electron chi connectivity index (χ1n) is 5.91. The highest BCUT2D eigenvalue weighted by molar-refractivity contribution is 5.80. The van der Waals surface area contributed by atoms with Gasteiger partial charge >= 0.3 is 6.18 Å². The van der Waals surface area contributed by atoms with Gasteiger partial charge in [-0.3, -0.25) is 9.69 Å². The molecule has 2 unspecified atom stereocenters. The van der Waals surface area contributed by atoms with Crippen LogP contribution in [0.15, 0.2) is 0 Å². The van der Waals surface area contributed by atoms with E-state index in [1.54, 1.807) is 6.92 Å². The van der Waals surface area contributed by atoms with E-state index < -0.39 is 18.8 Å². The van der Waals surface area contributed by atoms with Crippen LogP contribution in [0.1, 0.15) is 13.3 Å². The van der Waals surface area contributed by atoms with Gasteiger partial charge in [0.2, 0.25) is 5.91 Å². The van der Waals surface area contributed by atoms with Crippen LogP contribution in [0.25, 0.3) is 0 Å². The summed E-state index contributed by atoms with van der Waals surface area (Å²) < 4.78 is 41.4. The fraction of sp³-hybridized carbons (Fsp3) is 0.909. The Bertz CT molecular complexity index is 284. The lowest BCUT2D eigenvalue weighted by Gasteiger charge is -2.18. The molecule has 1 saturated heterocycles. The minimum Gasteiger partial charge on any atom is -0.372 e. The number of rotatable bonds is 5. The first kappa shape index (κ1) is 15.2. The first-order chi connectivity index (χ1) is 8.31. The molecule has 1 aliphatic heterocycles. The van der Waals surface area contributed by atoms with E-state index in [9.17, 15) is 18.0 Å². The highest BCUT2D eigenvalue weighted by Gasteiger charge is 2.34. The van der Waals surface area contributed by atoms with Crippen LogP contribution in [0.2, 0.25) is 0 Å². The van der Waals surface area contributed by atoms with Crippen LogP contribution >= 0.6 is 0 Å². The Kier molecular flexibility index (Phi) is 5.40. The quantitative estimate of drug-likeness (QED) is 0.809. The molecule has 7 heteroatoms. The van der Waals surface area contributed by atoms with Gasteiger partial charge < -0.3 is 10.1 Å². The maximum atomic E-state index is 12.2. The zero-order valence-corrected chi connectivity index (χ0v) is 10.6. The molecule has 0 bridgehead atoms. The highest BCUT2D eigenvalue weighted by atomic mass is 19.4. The predicted octanol–water partition coefficient (Wildman–Crippen LogP) is 1.02. The number of alkyl halides is 3. The summed E-state index contributed by atoms with van der Waals surface area (Å²) in [7, 11) is 1.44. The molecule has 1 N–H and O–H groups in total. The number of hydrogen-bond acceptors (Lipinski definition) is 3. The van der Waals surface area contributed by atoms with Crippen LogP contribution in [-0.4, -0.2) is 56.4 Å². The van der Waals surface area contributed by atoms with Crippen molar-refractivity contribution in [1.29, 1.82) is 0 Å². The smallest absolute Gasteiger partial charge is 0.372 e. The Morgan fingerprint density at radius 2 is 2.22 bits per heavy atom. The third-order valence-corrected chi connectivity index (χ3v) is 3.06. The standard InChI is InChI=1S/C11H19F3N2O2/c1-8(18-2)10(17)15-5-9-3-4-16(6-9)7-11(12,13)14/h8-9H,3-7H2,1-2H3,(H,15,17). The van der Waals surface area contributed by atoms with Gasteiger partial charge in [-0.2, -0.15) is 13.2 Å². The van der Waals surface area contributed by atoms with Crippen LogP contribution in [0, 0.1) is 5.92 Å². The zero-order valence-electron chi connectivity index (χ0n) is 10.6. The summed E-state index contributed by atoms with van der Waals surface area (Å²) in [6.07, 6.45) is -4.00. The average Bonchev–Trinajstić information content (AvgIpc) is 2.69. The van der Waals surface area contributed by atoms with E-state index in [4.69, 9.17) is 4.74 Å². The SMILES string of the molecule is COC(C)C(=O)NCC1CCN(CC(F)(F)F)C1. The Morgan fingerprint density at radius 1 is 1.56 bits per heavy atom. The highest BCUT2D eigenvalue weighted by Crippen LogP contribution is 2.22. The van der Waals surface area contributed by atoms with E-state index in [0.717, 1.165) is 0 Å². The van der Waals surface area contributed by atoms with E-state index in [1.807, 2.05) is 0 Å². The van der Waals surface area contributed by atoms with E-state index in [2.05, 4.69) is 5.32 Å². The number of carbonyl (C=O) groups is 1. The largest absolute Gasteiger partial charge is 0.401 e. The molecular formula is C11H19F3N2O2. The summed E-state index contributed by atoms with van der Waals surface area (Å²) in [5, 5.41) is 2.69. The molecule has 1 fully saturated rings. The number of hydrogen-bond donors (Lipinski definition) is 1. The van der Waals surface area contributed by atoms with Gasteiger partial charge in [-0.15, -0.1) is 0 Å². The van der Waals surface area contributed by atoms with Gasteiger partial charge in [0.15, 0.2) is 0 Å². The number of halogens is 3. The average molecular weight is 268 g/mol. The maximum absolute atomic E-state index is 12.2. The van der Waals surface area contributed by atoms with Gasteiger partial charge in [0.25, 0.3) is 0 Å². The molecule has 18 heavy (non-hydrogen) atoms. The summed E-state index contributed by atoms with van der Waals surface area (Å²) in [5.74, 6) is -0.146. The number of methoxy groups -OCH3 is 1. The van der Waals surface area contributed by atoms with Gasteiger partial charge in [0.1, 0.15) is 6.10 Å². The van der Waals surface area contributed by atoms with E-state index in [-0.39, 0.29) is 11.8 Å². The Balaban J connectivity index is 2.25. The molecule has 1 rings (SSSR count). The van der Waals surface area contributed by atoms with Crippen molar-refractivity contribution in [1.82, 2.24) is 10.2 Å². The van der Waals surface area contributed by atoms with Crippen LogP contribution in [0.4, 0.5) is 13.2 Å². The molecular weight excluding hydrogens is 249 g/mol. The first-order valence-corrected chi connectivity index (χ1v) is 5.91. The van der Waals surface area contributed by atoms with Crippen molar-refractivity contribution in [2.45, 2.75) is 25.6 Å². The van der Waals surface area contributed by atoms with Crippen LogP contribution < -0.4 is 5.32 Å². The molecule has 106 valence electrons. The van der Waals surface area contributed by atoms with Gasteiger partial charge in [0, 0.05) is 20.2 Å². The Labute approximate surface area is 104 Å². The predicted molar refractivity (Wildman–Crippen MR) is 60.1 cm³/mol. The third kappa shape index (κ3) is 5.22. The molecule has 2 atom stereocenters. The minimum absolute atomic E-state index is 0.0837. The van der Waals surface area contributed by atoms with Gasteiger partial charge in [0.05, 0.1) is 6.54 Å². The van der Waals surface area contributed by atoms with Crippen LogP contribution in [0.5, 0.6) is 0 Å². The molecule has 0 aliphatic carbocycles. The normalized spacial score (nSPS) is 23.1. The second kappa shape index (κ2) is 6.38. The Hall–Kier alpha value is -0.820. The summed E-state index contributed by atoms with van der Waals surface area (Å²) in [6.45, 7) is 1.97. The molecule has 0 aromatic rings. The fourth-order valence-electron chi connectivity index (χ4n) is 1.97. The summed E-state index contributed by atoms with van der Waals surface area (Å²) >= 11 is 0.